The van der Waals surface area contributed by atoms with Crippen molar-refractivity contribution in [2.75, 3.05) is 33.3 Å². The van der Waals surface area contributed by atoms with Crippen LogP contribution >= 0.6 is 0 Å². The fourth-order valence-corrected chi connectivity index (χ4v) is 5.46. The van der Waals surface area contributed by atoms with Gasteiger partial charge in [-0.05, 0) is 24.3 Å². The van der Waals surface area contributed by atoms with E-state index in [0.29, 0.717) is 29.8 Å². The Hall–Kier alpha value is -3.86. The van der Waals surface area contributed by atoms with Gasteiger partial charge in [0.05, 0.1) is 40.4 Å². The number of para-hydroxylation sites is 1. The number of nitrogens with zero attached hydrogens (tertiary/aromatic N) is 6. The molecule has 182 valence electrons. The lowest BCUT2D eigenvalue weighted by Gasteiger charge is -2.34. The van der Waals surface area contributed by atoms with Crippen molar-refractivity contribution >= 4 is 26.6 Å². The molecule has 1 saturated heterocycles. The van der Waals surface area contributed by atoms with Crippen LogP contribution in [0.4, 0.5) is 5.69 Å². The third kappa shape index (κ3) is 4.72. The first-order chi connectivity index (χ1) is 16.8. The lowest BCUT2D eigenvalue weighted by molar-refractivity contribution is -0.386. The van der Waals surface area contributed by atoms with E-state index in [1.165, 1.54) is 28.1 Å². The second-order valence-electron chi connectivity index (χ2n) is 7.87. The number of rotatable bonds is 7. The Morgan fingerprint density at radius 3 is 2.54 bits per heavy atom. The average molecular weight is 499 g/mol. The summed E-state index contributed by atoms with van der Waals surface area (Å²) >= 11 is 0. The highest BCUT2D eigenvalue weighted by molar-refractivity contribution is 7.89. The molecule has 13 heteroatoms. The molecule has 1 fully saturated rings. The molecule has 1 aliphatic rings. The normalized spacial score (nSPS) is 15.1. The number of piperazine rings is 1. The van der Waals surface area contributed by atoms with Gasteiger partial charge in [-0.2, -0.15) is 9.57 Å². The van der Waals surface area contributed by atoms with E-state index in [1.54, 1.807) is 24.3 Å². The summed E-state index contributed by atoms with van der Waals surface area (Å²) in [7, 11) is -2.68. The maximum atomic E-state index is 13.1. The molecule has 2 heterocycles. The van der Waals surface area contributed by atoms with Crippen molar-refractivity contribution in [3.63, 3.8) is 0 Å². The van der Waals surface area contributed by atoms with Crippen LogP contribution in [-0.4, -0.2) is 65.4 Å². The minimum atomic E-state index is -3.96. The number of fused-ring (bicyclic) bond motifs is 1. The minimum absolute atomic E-state index is 0.0231. The molecule has 3 aromatic rings. The summed E-state index contributed by atoms with van der Waals surface area (Å²) in [5, 5.41) is 20.9. The van der Waals surface area contributed by atoms with E-state index in [0.717, 1.165) is 6.07 Å². The first kappa shape index (κ1) is 24.3. The number of hydrogen-bond donors (Lipinski definition) is 0. The molecule has 0 atom stereocenters. The van der Waals surface area contributed by atoms with Crippen LogP contribution in [0.5, 0.6) is 5.75 Å². The molecule has 0 saturated carbocycles. The van der Waals surface area contributed by atoms with E-state index in [4.69, 9.17) is 4.74 Å². The summed E-state index contributed by atoms with van der Waals surface area (Å²) in [5.74, 6) is 0.405. The molecule has 0 amide bonds. The fraction of sp³-hybridized carbons (Fsp3) is 0.318. The van der Waals surface area contributed by atoms with Crippen LogP contribution in [0.1, 0.15) is 5.82 Å². The molecule has 0 spiro atoms. The molecule has 0 aliphatic carbocycles. The number of nitro benzene ring substituents is 1. The molecule has 1 aromatic heterocycles. The van der Waals surface area contributed by atoms with Crippen LogP contribution in [0.25, 0.3) is 10.9 Å². The van der Waals surface area contributed by atoms with Crippen LogP contribution in [0.15, 0.2) is 52.2 Å². The molecular weight excluding hydrogens is 476 g/mol. The molecular formula is C22H22N6O6S. The summed E-state index contributed by atoms with van der Waals surface area (Å²) in [6, 6.07) is 12.4. The molecule has 35 heavy (non-hydrogen) atoms. The SMILES string of the molecule is COc1ccc(S(=O)(=O)N2CCN(Cc3nc4ccccc4c(=O)n3CC#N)CC2)cc1[N+](=O)[O-]. The monoisotopic (exact) mass is 498 g/mol. The summed E-state index contributed by atoms with van der Waals surface area (Å²) in [6.07, 6.45) is 0. The smallest absolute Gasteiger partial charge is 0.312 e. The van der Waals surface area contributed by atoms with Crippen molar-refractivity contribution in [2.45, 2.75) is 18.0 Å². The number of benzene rings is 2. The van der Waals surface area contributed by atoms with Crippen molar-refractivity contribution in [3.05, 3.63) is 68.8 Å². The molecule has 0 bridgehead atoms. The minimum Gasteiger partial charge on any atom is -0.490 e. The number of ether oxygens (including phenoxy) is 1. The number of methoxy groups -OCH3 is 1. The number of sulfonamides is 1. The Balaban J connectivity index is 1.53. The summed E-state index contributed by atoms with van der Waals surface area (Å²) in [6.45, 7) is 1.14. The number of hydrogen-bond acceptors (Lipinski definition) is 9. The Kier molecular flexibility index (Phi) is 6.79. The van der Waals surface area contributed by atoms with Gasteiger partial charge in [0.25, 0.3) is 5.56 Å². The van der Waals surface area contributed by atoms with Gasteiger partial charge in [-0.1, -0.05) is 12.1 Å². The Labute approximate surface area is 200 Å². The quantitative estimate of drug-likeness (QED) is 0.347. The van der Waals surface area contributed by atoms with Gasteiger partial charge in [-0.15, -0.1) is 0 Å². The summed E-state index contributed by atoms with van der Waals surface area (Å²) < 4.78 is 33.8. The van der Waals surface area contributed by atoms with Gasteiger partial charge in [-0.3, -0.25) is 24.4 Å². The van der Waals surface area contributed by atoms with Gasteiger partial charge in [0.15, 0.2) is 5.75 Å². The molecule has 0 radical (unpaired) electrons. The molecule has 12 nitrogen and oxygen atoms in total. The van der Waals surface area contributed by atoms with E-state index in [9.17, 15) is 28.6 Å². The van der Waals surface area contributed by atoms with Crippen LogP contribution in [0, 0.1) is 21.4 Å². The lowest BCUT2D eigenvalue weighted by Crippen LogP contribution is -2.48. The zero-order valence-corrected chi connectivity index (χ0v) is 19.6. The predicted octanol–water partition coefficient (Wildman–Crippen LogP) is 1.34. The average Bonchev–Trinajstić information content (AvgIpc) is 2.86. The van der Waals surface area contributed by atoms with E-state index >= 15 is 0 Å². The van der Waals surface area contributed by atoms with Crippen molar-refractivity contribution in [2.24, 2.45) is 0 Å². The highest BCUT2D eigenvalue weighted by Gasteiger charge is 2.31. The molecule has 1 aliphatic heterocycles. The van der Waals surface area contributed by atoms with E-state index < -0.39 is 20.6 Å². The van der Waals surface area contributed by atoms with Crippen LogP contribution in [0.2, 0.25) is 0 Å². The standard InChI is InChI=1S/C22H22N6O6S/c1-34-20-7-6-16(14-19(20)28(30)31)35(32,33)26-12-10-25(11-13-26)15-21-24-18-5-3-2-4-17(18)22(29)27(21)9-8-23/h2-7,14H,9-13,15H2,1H3. The third-order valence-electron chi connectivity index (χ3n) is 5.85. The summed E-state index contributed by atoms with van der Waals surface area (Å²) in [5.41, 5.74) is -0.191. The van der Waals surface area contributed by atoms with Gasteiger partial charge in [-0.25, -0.2) is 13.4 Å². The van der Waals surface area contributed by atoms with E-state index in [1.807, 2.05) is 11.0 Å². The van der Waals surface area contributed by atoms with E-state index in [-0.39, 0.29) is 42.4 Å². The Morgan fingerprint density at radius 1 is 1.17 bits per heavy atom. The maximum absolute atomic E-state index is 13.1. The maximum Gasteiger partial charge on any atom is 0.312 e. The topological polar surface area (TPSA) is 152 Å². The van der Waals surface area contributed by atoms with Crippen molar-refractivity contribution in [1.29, 1.82) is 5.26 Å². The van der Waals surface area contributed by atoms with Crippen LogP contribution < -0.4 is 10.3 Å². The largest absolute Gasteiger partial charge is 0.490 e. The Morgan fingerprint density at radius 2 is 1.89 bits per heavy atom. The van der Waals surface area contributed by atoms with Crippen LogP contribution in [-0.2, 0) is 23.1 Å². The molecule has 2 aromatic carbocycles. The molecule has 0 N–H and O–H groups in total. The van der Waals surface area contributed by atoms with Crippen molar-refractivity contribution in [3.8, 4) is 11.8 Å². The van der Waals surface area contributed by atoms with E-state index in [2.05, 4.69) is 4.98 Å². The van der Waals surface area contributed by atoms with Gasteiger partial charge in [0.1, 0.15) is 12.4 Å². The first-order valence-corrected chi connectivity index (χ1v) is 12.1. The zero-order valence-electron chi connectivity index (χ0n) is 18.8. The van der Waals surface area contributed by atoms with Crippen molar-refractivity contribution < 1.29 is 18.1 Å². The zero-order chi connectivity index (χ0) is 25.2. The number of nitriles is 1. The van der Waals surface area contributed by atoms with Gasteiger partial charge in [0.2, 0.25) is 10.0 Å². The van der Waals surface area contributed by atoms with Crippen LogP contribution in [0.3, 0.4) is 0 Å². The number of nitro groups is 1. The fourth-order valence-electron chi connectivity index (χ4n) is 4.02. The second-order valence-corrected chi connectivity index (χ2v) is 9.80. The molecule has 4 rings (SSSR count). The second kappa shape index (κ2) is 9.79. The predicted molar refractivity (Wildman–Crippen MR) is 125 cm³/mol. The number of aromatic nitrogens is 2. The Bertz CT molecular complexity index is 1490. The highest BCUT2D eigenvalue weighted by Crippen LogP contribution is 2.30. The molecule has 0 unspecified atom stereocenters. The van der Waals surface area contributed by atoms with Gasteiger partial charge in [0, 0.05) is 32.2 Å². The lowest BCUT2D eigenvalue weighted by atomic mass is 10.2. The highest BCUT2D eigenvalue weighted by atomic mass is 32.2. The summed E-state index contributed by atoms with van der Waals surface area (Å²) in [4.78, 5) is 29.8. The first-order valence-electron chi connectivity index (χ1n) is 10.7. The third-order valence-corrected chi connectivity index (χ3v) is 7.75. The van der Waals surface area contributed by atoms with Crippen molar-refractivity contribution in [1.82, 2.24) is 18.8 Å². The van der Waals surface area contributed by atoms with Gasteiger partial charge >= 0.3 is 5.69 Å². The van der Waals surface area contributed by atoms with Gasteiger partial charge < -0.3 is 4.74 Å².